The lowest BCUT2D eigenvalue weighted by Crippen LogP contribution is -2.64. The maximum atomic E-state index is 13.6. The normalized spacial score (nSPS) is 48.5. The molecule has 9 nitrogen and oxygen atoms in total. The molecule has 6 N–H and O–H groups in total. The van der Waals surface area contributed by atoms with E-state index in [1.165, 1.54) is 5.57 Å². The predicted octanol–water partition coefficient (Wildman–Crippen LogP) is 0.283. The highest BCUT2D eigenvalue weighted by Crippen LogP contribution is 2.63. The van der Waals surface area contributed by atoms with Gasteiger partial charge in [-0.15, -0.1) is 0 Å². The molecule has 0 aromatic carbocycles. The Morgan fingerprint density at radius 2 is 1.77 bits per heavy atom. The van der Waals surface area contributed by atoms with Crippen molar-refractivity contribution in [3.8, 4) is 0 Å². The van der Waals surface area contributed by atoms with Gasteiger partial charge in [0.2, 0.25) is 0 Å². The summed E-state index contributed by atoms with van der Waals surface area (Å²) in [6.07, 6.45) is -3.09. The third kappa shape index (κ3) is 4.32. The minimum Gasteiger partial charge on any atom is -0.394 e. The van der Waals surface area contributed by atoms with Crippen molar-refractivity contribution in [2.75, 3.05) is 13.2 Å². The van der Waals surface area contributed by atoms with Gasteiger partial charge in [0.1, 0.15) is 30.5 Å². The molecule has 1 heterocycles. The first-order chi connectivity index (χ1) is 16.3. The van der Waals surface area contributed by atoms with Crippen LogP contribution in [0.4, 0.5) is 0 Å². The highest BCUT2D eigenvalue weighted by molar-refractivity contribution is 5.86. The number of aliphatic hydroxyl groups is 6. The Hall–Kier alpha value is -0.910. The van der Waals surface area contributed by atoms with Gasteiger partial charge in [0, 0.05) is 17.3 Å². The standard InChI is InChI=1S/C26H42O9/c1-24(2)17-6-5-13-9-25(3,18(30)12-28)8-7-14(13)26(17,4)10-15(29)22(24)35-23-21(33)20(32)19(31)16(11-27)34-23/h9,14,16-23,27-28,30-33H,5-8,10-12H2,1-4H3/t14-,16+,17-,18-,19-,20+,21+,22-,23+,25+,26+/m1/s1. The van der Waals surface area contributed by atoms with Gasteiger partial charge in [-0.2, -0.15) is 0 Å². The molecule has 1 aliphatic heterocycles. The molecule has 0 amide bonds. The van der Waals surface area contributed by atoms with E-state index >= 15 is 0 Å². The predicted molar refractivity (Wildman–Crippen MR) is 125 cm³/mol. The minimum absolute atomic E-state index is 0.101. The largest absolute Gasteiger partial charge is 0.394 e. The van der Waals surface area contributed by atoms with Gasteiger partial charge >= 0.3 is 0 Å². The number of hydrogen-bond acceptors (Lipinski definition) is 9. The van der Waals surface area contributed by atoms with E-state index in [0.29, 0.717) is 6.42 Å². The third-order valence-corrected chi connectivity index (χ3v) is 9.72. The van der Waals surface area contributed by atoms with Gasteiger partial charge in [0.15, 0.2) is 12.1 Å². The van der Waals surface area contributed by atoms with Crippen LogP contribution in [0, 0.1) is 28.1 Å². The molecule has 3 fully saturated rings. The van der Waals surface area contributed by atoms with Crippen LogP contribution < -0.4 is 0 Å². The summed E-state index contributed by atoms with van der Waals surface area (Å²) in [6, 6.07) is 0. The van der Waals surface area contributed by atoms with Gasteiger partial charge in [0.25, 0.3) is 0 Å². The first-order valence-electron chi connectivity index (χ1n) is 12.8. The van der Waals surface area contributed by atoms with Crippen molar-refractivity contribution in [1.29, 1.82) is 0 Å². The number of aliphatic hydroxyl groups excluding tert-OH is 6. The number of ketones is 1. The number of hydrogen-bond donors (Lipinski definition) is 6. The molecule has 0 radical (unpaired) electrons. The van der Waals surface area contributed by atoms with Crippen LogP contribution >= 0.6 is 0 Å². The van der Waals surface area contributed by atoms with Crippen molar-refractivity contribution >= 4 is 5.78 Å². The smallest absolute Gasteiger partial charge is 0.187 e. The summed E-state index contributed by atoms with van der Waals surface area (Å²) >= 11 is 0. The molecule has 4 rings (SSSR count). The lowest BCUT2D eigenvalue weighted by atomic mass is 9.44. The van der Waals surface area contributed by atoms with E-state index in [9.17, 15) is 35.4 Å². The maximum Gasteiger partial charge on any atom is 0.187 e. The van der Waals surface area contributed by atoms with Crippen LogP contribution in [0.1, 0.15) is 59.8 Å². The van der Waals surface area contributed by atoms with Crippen molar-refractivity contribution in [2.24, 2.45) is 28.1 Å². The number of rotatable bonds is 5. The lowest BCUT2D eigenvalue weighted by Gasteiger charge is -2.61. The molecule has 11 atom stereocenters. The third-order valence-electron chi connectivity index (χ3n) is 9.72. The minimum atomic E-state index is -1.56. The van der Waals surface area contributed by atoms with Gasteiger partial charge in [-0.05, 0) is 42.9 Å². The number of carbonyl (C=O) groups excluding carboxylic acids is 1. The Balaban J connectivity index is 1.58. The topological polar surface area (TPSA) is 157 Å². The quantitative estimate of drug-likeness (QED) is 0.231. The summed E-state index contributed by atoms with van der Waals surface area (Å²) < 4.78 is 11.6. The average molecular weight is 499 g/mol. The van der Waals surface area contributed by atoms with Crippen molar-refractivity contribution in [3.63, 3.8) is 0 Å². The summed E-state index contributed by atoms with van der Waals surface area (Å²) in [7, 11) is 0. The van der Waals surface area contributed by atoms with E-state index in [-0.39, 0.29) is 29.6 Å². The molecule has 4 aliphatic rings. The highest BCUT2D eigenvalue weighted by Gasteiger charge is 2.61. The van der Waals surface area contributed by atoms with E-state index in [2.05, 4.69) is 13.0 Å². The molecule has 2 saturated carbocycles. The number of ether oxygens (including phenoxy) is 2. The molecule has 3 aliphatic carbocycles. The first-order valence-corrected chi connectivity index (χ1v) is 12.8. The Kier molecular flexibility index (Phi) is 7.32. The molecule has 0 spiro atoms. The molecule has 0 unspecified atom stereocenters. The van der Waals surface area contributed by atoms with E-state index in [1.807, 2.05) is 20.8 Å². The number of carbonyl (C=O) groups is 1. The SMILES string of the molecule is CC1(C)[C@H](O[C@@H]2O[C@@H](CO)[C@@H](O)[C@H](O)[C@@H]2O)C(=O)C[C@@]2(C)[C@@H]3CC[C@](C)([C@H](O)CO)C=C3CC[C@H]12. The van der Waals surface area contributed by atoms with Gasteiger partial charge in [-0.1, -0.05) is 39.3 Å². The number of Topliss-reactive ketones (excluding diaryl/α,β-unsaturated/α-hetero) is 1. The average Bonchev–Trinajstić information content (AvgIpc) is 2.80. The van der Waals surface area contributed by atoms with Gasteiger partial charge in [0.05, 0.1) is 19.3 Å². The van der Waals surface area contributed by atoms with Crippen LogP contribution in [0.25, 0.3) is 0 Å². The second-order valence-corrected chi connectivity index (χ2v) is 12.3. The zero-order valence-electron chi connectivity index (χ0n) is 21.1. The fourth-order valence-electron chi connectivity index (χ4n) is 7.69. The van der Waals surface area contributed by atoms with Gasteiger partial charge in [-0.3, -0.25) is 4.79 Å². The van der Waals surface area contributed by atoms with E-state index in [4.69, 9.17) is 9.47 Å². The maximum absolute atomic E-state index is 13.6. The zero-order valence-corrected chi connectivity index (χ0v) is 21.1. The Labute approximate surface area is 206 Å². The molecule has 9 heteroatoms. The summed E-state index contributed by atoms with van der Waals surface area (Å²) in [4.78, 5) is 13.6. The molecular formula is C26H42O9. The summed E-state index contributed by atoms with van der Waals surface area (Å²) in [5.74, 6) is 0.226. The molecule has 35 heavy (non-hydrogen) atoms. The van der Waals surface area contributed by atoms with Gasteiger partial charge in [-0.25, -0.2) is 0 Å². The van der Waals surface area contributed by atoms with Crippen molar-refractivity contribution < 1.29 is 44.9 Å². The molecular weight excluding hydrogens is 456 g/mol. The van der Waals surface area contributed by atoms with Crippen molar-refractivity contribution in [3.05, 3.63) is 11.6 Å². The van der Waals surface area contributed by atoms with E-state index in [1.54, 1.807) is 0 Å². The Morgan fingerprint density at radius 3 is 2.40 bits per heavy atom. The monoisotopic (exact) mass is 498 g/mol. The van der Waals surface area contributed by atoms with Crippen molar-refractivity contribution in [2.45, 2.75) is 103 Å². The van der Waals surface area contributed by atoms with Crippen LogP contribution in [0.2, 0.25) is 0 Å². The van der Waals surface area contributed by atoms with Crippen LogP contribution in [0.5, 0.6) is 0 Å². The van der Waals surface area contributed by atoms with Crippen LogP contribution in [-0.4, -0.2) is 92.5 Å². The molecule has 200 valence electrons. The summed E-state index contributed by atoms with van der Waals surface area (Å²) in [5, 5.41) is 60.1. The van der Waals surface area contributed by atoms with E-state index < -0.39 is 60.4 Å². The van der Waals surface area contributed by atoms with Gasteiger partial charge < -0.3 is 40.1 Å². The van der Waals surface area contributed by atoms with Crippen LogP contribution in [0.15, 0.2) is 11.6 Å². The summed E-state index contributed by atoms with van der Waals surface area (Å²) in [5.41, 5.74) is -0.125. The fraction of sp³-hybridized carbons (Fsp3) is 0.885. The van der Waals surface area contributed by atoms with E-state index in [0.717, 1.165) is 25.7 Å². The molecule has 0 aromatic rings. The Morgan fingerprint density at radius 1 is 1.09 bits per heavy atom. The van der Waals surface area contributed by atoms with Crippen LogP contribution in [0.3, 0.4) is 0 Å². The summed E-state index contributed by atoms with van der Waals surface area (Å²) in [6.45, 7) is 7.30. The molecule has 0 bridgehead atoms. The second kappa shape index (κ2) is 9.44. The van der Waals surface area contributed by atoms with Crippen molar-refractivity contribution in [1.82, 2.24) is 0 Å². The Bertz CT molecular complexity index is 841. The first kappa shape index (κ1) is 27.1. The highest BCUT2D eigenvalue weighted by atomic mass is 16.7. The number of fused-ring (bicyclic) bond motifs is 3. The zero-order chi connectivity index (χ0) is 25.9. The van der Waals surface area contributed by atoms with Crippen LogP contribution in [-0.2, 0) is 14.3 Å². The molecule has 1 saturated heterocycles. The second-order valence-electron chi connectivity index (χ2n) is 12.3. The lowest BCUT2D eigenvalue weighted by molar-refractivity contribution is -0.320. The fourth-order valence-corrected chi connectivity index (χ4v) is 7.69. The number of allylic oxidation sites excluding steroid dienone is 1. The molecule has 0 aromatic heterocycles.